The third kappa shape index (κ3) is 5.93. The molecule has 2 aromatic heterocycles. The van der Waals surface area contributed by atoms with Crippen LogP contribution in [0.15, 0.2) is 158 Å². The molecule has 0 N–H and O–H groups in total. The second kappa shape index (κ2) is 14.1. The van der Waals surface area contributed by atoms with Gasteiger partial charge in [0.25, 0.3) is 0 Å². The molecule has 11 rings (SSSR count). The number of hydrogen-bond acceptors (Lipinski definition) is 6. The highest BCUT2D eigenvalue weighted by Crippen LogP contribution is 2.60. The van der Waals surface area contributed by atoms with E-state index in [-0.39, 0.29) is 10.8 Å². The Morgan fingerprint density at radius 3 is 0.839 bits per heavy atom. The summed E-state index contributed by atoms with van der Waals surface area (Å²) in [6, 6.07) is 54.6. The fourth-order valence-corrected chi connectivity index (χ4v) is 10.00. The zero-order chi connectivity index (χ0) is 42.3. The van der Waals surface area contributed by atoms with Crippen molar-refractivity contribution in [3.63, 3.8) is 0 Å². The molecule has 2 aliphatic rings. The minimum absolute atomic E-state index is 0.312. The lowest BCUT2D eigenvalue weighted by atomic mass is 9.72. The first kappa shape index (κ1) is 37.6. The molecule has 0 fully saturated rings. The fourth-order valence-electron chi connectivity index (χ4n) is 10.00. The average molecular weight is 801 g/mol. The van der Waals surface area contributed by atoms with Crippen LogP contribution < -0.4 is 0 Å². The minimum atomic E-state index is -0.312. The van der Waals surface area contributed by atoms with E-state index in [1.807, 2.05) is 72.8 Å². The van der Waals surface area contributed by atoms with Crippen molar-refractivity contribution in [3.8, 4) is 90.6 Å². The molecular formula is C56H44N6. The van der Waals surface area contributed by atoms with Crippen molar-refractivity contribution in [1.82, 2.24) is 29.9 Å². The molecule has 0 amide bonds. The van der Waals surface area contributed by atoms with Crippen LogP contribution in [-0.4, -0.2) is 29.9 Å². The molecule has 0 saturated carbocycles. The third-order valence-corrected chi connectivity index (χ3v) is 12.9. The highest BCUT2D eigenvalue weighted by Gasteiger charge is 2.47. The standard InChI is InChI=1S/C56H44N6/c1-33-29-39(53-59-49(35-19-11-7-12-20-35)57-50(60-53)36-21-13-8-14-22-36)31-43-45(33)41-27-28-42-46-34(2)30-40(32-44(46)56(5,6)48(42)47(41)55(43,3)4)54-61-51(37-23-15-9-16-24-37)58-52(62-54)38-25-17-10-18-26-38/h7-32H,1-6H3. The number of nitrogens with zero attached hydrogens (tertiary/aromatic N) is 6. The van der Waals surface area contributed by atoms with Crippen molar-refractivity contribution < 1.29 is 0 Å². The zero-order valence-electron chi connectivity index (χ0n) is 35.7. The summed E-state index contributed by atoms with van der Waals surface area (Å²) in [5.74, 6) is 3.97. The lowest BCUT2D eigenvalue weighted by Gasteiger charge is -2.31. The molecule has 6 heteroatoms. The van der Waals surface area contributed by atoms with E-state index >= 15 is 0 Å². The summed E-state index contributed by atoms with van der Waals surface area (Å²) in [6.45, 7) is 14.0. The Bertz CT molecular complexity index is 2900. The molecule has 0 unspecified atom stereocenters. The molecule has 298 valence electrons. The topological polar surface area (TPSA) is 77.3 Å². The van der Waals surface area contributed by atoms with Crippen molar-refractivity contribution in [2.75, 3.05) is 0 Å². The zero-order valence-corrected chi connectivity index (χ0v) is 35.7. The average Bonchev–Trinajstić information content (AvgIpc) is 3.69. The van der Waals surface area contributed by atoms with Gasteiger partial charge in [0, 0.05) is 44.2 Å². The van der Waals surface area contributed by atoms with E-state index in [0.717, 1.165) is 33.4 Å². The second-order valence-electron chi connectivity index (χ2n) is 17.7. The van der Waals surface area contributed by atoms with E-state index in [4.69, 9.17) is 29.9 Å². The molecule has 62 heavy (non-hydrogen) atoms. The van der Waals surface area contributed by atoms with Crippen molar-refractivity contribution in [2.24, 2.45) is 0 Å². The molecule has 9 aromatic rings. The minimum Gasteiger partial charge on any atom is -0.208 e. The van der Waals surface area contributed by atoms with Gasteiger partial charge in [0.15, 0.2) is 34.9 Å². The second-order valence-corrected chi connectivity index (χ2v) is 17.7. The largest absolute Gasteiger partial charge is 0.208 e. The number of rotatable bonds is 6. The molecule has 0 atom stereocenters. The van der Waals surface area contributed by atoms with E-state index in [1.165, 1.54) is 55.6 Å². The first-order valence-electron chi connectivity index (χ1n) is 21.3. The van der Waals surface area contributed by atoms with E-state index in [9.17, 15) is 0 Å². The van der Waals surface area contributed by atoms with Crippen LogP contribution in [-0.2, 0) is 10.8 Å². The maximum absolute atomic E-state index is 5.12. The lowest BCUT2D eigenvalue weighted by Crippen LogP contribution is -2.24. The Balaban J connectivity index is 1.04. The Morgan fingerprint density at radius 2 is 0.565 bits per heavy atom. The number of aromatic nitrogens is 6. The van der Waals surface area contributed by atoms with Gasteiger partial charge in [-0.3, -0.25) is 0 Å². The first-order valence-corrected chi connectivity index (χ1v) is 21.3. The Kier molecular flexibility index (Phi) is 8.52. The molecular weight excluding hydrogens is 757 g/mol. The summed E-state index contributed by atoms with van der Waals surface area (Å²) < 4.78 is 0. The van der Waals surface area contributed by atoms with Gasteiger partial charge in [-0.2, -0.15) is 0 Å². The molecule has 2 aliphatic carbocycles. The maximum atomic E-state index is 5.12. The SMILES string of the molecule is Cc1cc(-c2nc(-c3ccccc3)nc(-c3ccccc3)n2)cc2c1-c1ccc3c(c1C2(C)C)C(C)(C)c1cc(-c2nc(-c4ccccc4)nc(-c4ccccc4)n2)cc(C)c1-3. The van der Waals surface area contributed by atoms with Crippen LogP contribution in [0.4, 0.5) is 0 Å². The molecule has 7 aromatic carbocycles. The van der Waals surface area contributed by atoms with Gasteiger partial charge in [-0.25, -0.2) is 29.9 Å². The molecule has 0 saturated heterocycles. The number of fused-ring (bicyclic) bond motifs is 7. The predicted octanol–water partition coefficient (Wildman–Crippen LogP) is 13.3. The van der Waals surface area contributed by atoms with Gasteiger partial charge in [-0.1, -0.05) is 161 Å². The van der Waals surface area contributed by atoms with Crippen molar-refractivity contribution in [3.05, 3.63) is 191 Å². The van der Waals surface area contributed by atoms with Crippen LogP contribution in [0.5, 0.6) is 0 Å². The molecule has 2 heterocycles. The van der Waals surface area contributed by atoms with E-state index in [1.54, 1.807) is 0 Å². The van der Waals surface area contributed by atoms with Crippen LogP contribution in [0, 0.1) is 13.8 Å². The molecule has 0 bridgehead atoms. The van der Waals surface area contributed by atoms with Crippen LogP contribution in [0.1, 0.15) is 61.1 Å². The van der Waals surface area contributed by atoms with Crippen LogP contribution in [0.3, 0.4) is 0 Å². The van der Waals surface area contributed by atoms with Crippen molar-refractivity contribution in [1.29, 1.82) is 0 Å². The Labute approximate surface area is 362 Å². The van der Waals surface area contributed by atoms with Gasteiger partial charge >= 0.3 is 0 Å². The summed E-state index contributed by atoms with van der Waals surface area (Å²) >= 11 is 0. The van der Waals surface area contributed by atoms with E-state index in [2.05, 4.69) is 126 Å². The Morgan fingerprint density at radius 1 is 0.306 bits per heavy atom. The summed E-state index contributed by atoms with van der Waals surface area (Å²) in [5.41, 5.74) is 18.1. The Hall–Kier alpha value is -7.44. The molecule has 0 radical (unpaired) electrons. The summed E-state index contributed by atoms with van der Waals surface area (Å²) in [6.07, 6.45) is 0. The molecule has 6 nitrogen and oxygen atoms in total. The van der Waals surface area contributed by atoms with E-state index in [0.29, 0.717) is 34.9 Å². The highest BCUT2D eigenvalue weighted by molar-refractivity contribution is 5.94. The van der Waals surface area contributed by atoms with Gasteiger partial charge in [0.2, 0.25) is 0 Å². The number of hydrogen-bond donors (Lipinski definition) is 0. The predicted molar refractivity (Wildman–Crippen MR) is 250 cm³/mol. The summed E-state index contributed by atoms with van der Waals surface area (Å²) in [7, 11) is 0. The van der Waals surface area contributed by atoms with Gasteiger partial charge in [-0.05, 0) is 93.7 Å². The number of benzene rings is 7. The smallest absolute Gasteiger partial charge is 0.164 e. The third-order valence-electron chi connectivity index (χ3n) is 12.9. The first-order chi connectivity index (χ1) is 30.1. The quantitative estimate of drug-likeness (QED) is 0.167. The molecule has 0 aliphatic heterocycles. The maximum Gasteiger partial charge on any atom is 0.164 e. The van der Waals surface area contributed by atoms with Crippen molar-refractivity contribution >= 4 is 0 Å². The molecule has 0 spiro atoms. The summed E-state index contributed by atoms with van der Waals surface area (Å²) in [4.78, 5) is 30.4. The fraction of sp³-hybridized carbons (Fsp3) is 0.143. The van der Waals surface area contributed by atoms with Crippen LogP contribution >= 0.6 is 0 Å². The van der Waals surface area contributed by atoms with Crippen LogP contribution in [0.2, 0.25) is 0 Å². The summed E-state index contributed by atoms with van der Waals surface area (Å²) in [5, 5.41) is 0. The normalized spacial score (nSPS) is 13.9. The monoisotopic (exact) mass is 800 g/mol. The van der Waals surface area contributed by atoms with Gasteiger partial charge in [0.05, 0.1) is 0 Å². The van der Waals surface area contributed by atoms with Crippen molar-refractivity contribution in [2.45, 2.75) is 52.4 Å². The van der Waals surface area contributed by atoms with Gasteiger partial charge in [-0.15, -0.1) is 0 Å². The van der Waals surface area contributed by atoms with Gasteiger partial charge in [0.1, 0.15) is 0 Å². The van der Waals surface area contributed by atoms with E-state index < -0.39 is 0 Å². The van der Waals surface area contributed by atoms with Crippen LogP contribution in [0.25, 0.3) is 90.6 Å². The lowest BCUT2D eigenvalue weighted by molar-refractivity contribution is 0.601. The number of aryl methyl sites for hydroxylation is 2. The highest BCUT2D eigenvalue weighted by atomic mass is 15.0. The van der Waals surface area contributed by atoms with Gasteiger partial charge < -0.3 is 0 Å².